The van der Waals surface area contributed by atoms with Crippen LogP contribution in [0.4, 0.5) is 0 Å². The second kappa shape index (κ2) is 3.91. The molecule has 4 aliphatic carbocycles. The number of oxazole rings is 1. The van der Waals surface area contributed by atoms with Gasteiger partial charge in [-0.25, -0.2) is 4.98 Å². The lowest BCUT2D eigenvalue weighted by Crippen LogP contribution is -2.48. The van der Waals surface area contributed by atoms with Crippen molar-refractivity contribution >= 4 is 11.1 Å². The smallest absolute Gasteiger partial charge is 0.201 e. The minimum atomic E-state index is 0.273. The Labute approximate surface area is 125 Å². The molecule has 110 valence electrons. The van der Waals surface area contributed by atoms with Gasteiger partial charge in [0.1, 0.15) is 5.52 Å². The largest absolute Gasteiger partial charge is 0.440 e. The summed E-state index contributed by atoms with van der Waals surface area (Å²) in [7, 11) is 0. The van der Waals surface area contributed by atoms with Crippen LogP contribution in [-0.2, 0) is 5.41 Å². The van der Waals surface area contributed by atoms with Crippen molar-refractivity contribution in [3.05, 3.63) is 29.2 Å². The van der Waals surface area contributed by atoms with Crippen LogP contribution in [0.1, 0.15) is 55.5 Å². The molecular formula is C19H23NO. The van der Waals surface area contributed by atoms with E-state index in [-0.39, 0.29) is 5.41 Å². The Morgan fingerprint density at radius 3 is 2.14 bits per heavy atom. The summed E-state index contributed by atoms with van der Waals surface area (Å²) in [6.45, 7) is 4.32. The number of aryl methyl sites for hydroxylation is 2. The first-order valence-corrected chi connectivity index (χ1v) is 8.50. The lowest BCUT2D eigenvalue weighted by atomic mass is 9.49. The van der Waals surface area contributed by atoms with Crippen LogP contribution in [0.5, 0.6) is 0 Å². The van der Waals surface area contributed by atoms with E-state index in [0.717, 1.165) is 34.7 Å². The summed E-state index contributed by atoms with van der Waals surface area (Å²) in [6, 6.07) is 4.36. The van der Waals surface area contributed by atoms with Gasteiger partial charge in [0.05, 0.1) is 0 Å². The van der Waals surface area contributed by atoms with Crippen molar-refractivity contribution in [3.63, 3.8) is 0 Å². The molecule has 0 atom stereocenters. The third-order valence-electron chi connectivity index (χ3n) is 6.50. The second-order valence-corrected chi connectivity index (χ2v) is 8.12. The van der Waals surface area contributed by atoms with Crippen molar-refractivity contribution in [3.8, 4) is 0 Å². The number of nitrogens with zero attached hydrogens (tertiary/aromatic N) is 1. The van der Waals surface area contributed by atoms with E-state index in [1.54, 1.807) is 0 Å². The lowest BCUT2D eigenvalue weighted by molar-refractivity contribution is -0.0170. The molecule has 0 N–H and O–H groups in total. The van der Waals surface area contributed by atoms with Crippen LogP contribution >= 0.6 is 0 Å². The summed E-state index contributed by atoms with van der Waals surface area (Å²) >= 11 is 0. The normalized spacial score (nSPS) is 37.5. The SMILES string of the molecule is Cc1cc2nc(C34CC5CC(CC(C5)C3)C4)oc2cc1C. The number of aromatic nitrogens is 1. The highest BCUT2D eigenvalue weighted by molar-refractivity contribution is 5.75. The Hall–Kier alpha value is -1.31. The summed E-state index contributed by atoms with van der Waals surface area (Å²) in [5.41, 5.74) is 4.94. The summed E-state index contributed by atoms with van der Waals surface area (Å²) in [5.74, 6) is 3.88. The van der Waals surface area contributed by atoms with Gasteiger partial charge < -0.3 is 4.42 Å². The van der Waals surface area contributed by atoms with Crippen LogP contribution in [0.3, 0.4) is 0 Å². The van der Waals surface area contributed by atoms with E-state index in [0.29, 0.717) is 0 Å². The monoisotopic (exact) mass is 281 g/mol. The Balaban J connectivity index is 1.63. The van der Waals surface area contributed by atoms with Gasteiger partial charge in [0.2, 0.25) is 5.89 Å². The first-order chi connectivity index (χ1) is 10.1. The predicted molar refractivity (Wildman–Crippen MR) is 83.3 cm³/mol. The molecule has 4 bridgehead atoms. The van der Waals surface area contributed by atoms with E-state index >= 15 is 0 Å². The van der Waals surface area contributed by atoms with Gasteiger partial charge >= 0.3 is 0 Å². The fourth-order valence-electron chi connectivity index (χ4n) is 5.78. The molecule has 1 aromatic heterocycles. The lowest BCUT2D eigenvalue weighted by Gasteiger charge is -2.55. The maximum atomic E-state index is 6.28. The highest BCUT2D eigenvalue weighted by atomic mass is 16.3. The molecule has 2 nitrogen and oxygen atoms in total. The summed E-state index contributed by atoms with van der Waals surface area (Å²) < 4.78 is 6.28. The van der Waals surface area contributed by atoms with Gasteiger partial charge in [-0.2, -0.15) is 0 Å². The molecule has 6 rings (SSSR count). The molecule has 2 heteroatoms. The third-order valence-corrected chi connectivity index (χ3v) is 6.50. The number of fused-ring (bicyclic) bond motifs is 1. The Morgan fingerprint density at radius 2 is 1.52 bits per heavy atom. The van der Waals surface area contributed by atoms with Crippen molar-refractivity contribution in [1.29, 1.82) is 0 Å². The minimum absolute atomic E-state index is 0.273. The first kappa shape index (κ1) is 12.3. The van der Waals surface area contributed by atoms with Gasteiger partial charge in [0, 0.05) is 5.41 Å². The van der Waals surface area contributed by atoms with Crippen molar-refractivity contribution in [1.82, 2.24) is 4.98 Å². The molecule has 2 aromatic rings. The molecule has 0 amide bonds. The molecule has 0 saturated heterocycles. The molecule has 1 aromatic carbocycles. The Bertz CT molecular complexity index is 652. The average Bonchev–Trinajstić information content (AvgIpc) is 2.81. The third kappa shape index (κ3) is 1.68. The van der Waals surface area contributed by atoms with E-state index in [1.165, 1.54) is 49.7 Å². The van der Waals surface area contributed by atoms with E-state index in [4.69, 9.17) is 9.40 Å². The zero-order valence-electron chi connectivity index (χ0n) is 13.0. The van der Waals surface area contributed by atoms with Gasteiger partial charge in [0.25, 0.3) is 0 Å². The maximum Gasteiger partial charge on any atom is 0.201 e. The summed E-state index contributed by atoms with van der Waals surface area (Å²) in [4.78, 5) is 4.94. The zero-order valence-corrected chi connectivity index (χ0v) is 13.0. The van der Waals surface area contributed by atoms with Gasteiger partial charge in [-0.3, -0.25) is 0 Å². The average molecular weight is 281 g/mol. The highest BCUT2D eigenvalue weighted by Crippen LogP contribution is 2.60. The number of hydrogen-bond donors (Lipinski definition) is 0. The Morgan fingerprint density at radius 1 is 0.952 bits per heavy atom. The van der Waals surface area contributed by atoms with Crippen LogP contribution in [0.25, 0.3) is 11.1 Å². The van der Waals surface area contributed by atoms with Crippen molar-refractivity contribution < 1.29 is 4.42 Å². The van der Waals surface area contributed by atoms with E-state index in [9.17, 15) is 0 Å². The summed E-state index contributed by atoms with van der Waals surface area (Å²) in [6.07, 6.45) is 8.38. The van der Waals surface area contributed by atoms with E-state index < -0.39 is 0 Å². The van der Waals surface area contributed by atoms with Crippen LogP contribution in [0.15, 0.2) is 16.5 Å². The van der Waals surface area contributed by atoms with Crippen LogP contribution in [-0.4, -0.2) is 4.98 Å². The quantitative estimate of drug-likeness (QED) is 0.742. The molecule has 4 saturated carbocycles. The standard InChI is InChI=1S/C19H23NO/c1-11-3-16-17(4-12(11)2)21-18(20-16)19-8-13-5-14(9-19)7-15(6-13)10-19/h3-4,13-15H,5-10H2,1-2H3. The molecular weight excluding hydrogens is 258 g/mol. The number of hydrogen-bond acceptors (Lipinski definition) is 2. The molecule has 0 spiro atoms. The van der Waals surface area contributed by atoms with E-state index in [2.05, 4.69) is 26.0 Å². The van der Waals surface area contributed by atoms with Crippen LogP contribution in [0, 0.1) is 31.6 Å². The van der Waals surface area contributed by atoms with Crippen molar-refractivity contribution in [2.24, 2.45) is 17.8 Å². The van der Waals surface area contributed by atoms with Crippen LogP contribution < -0.4 is 0 Å². The molecule has 4 aliphatic rings. The van der Waals surface area contributed by atoms with Gasteiger partial charge in [-0.1, -0.05) is 0 Å². The van der Waals surface area contributed by atoms with Crippen LogP contribution in [0.2, 0.25) is 0 Å². The molecule has 0 radical (unpaired) electrons. The molecule has 0 aliphatic heterocycles. The first-order valence-electron chi connectivity index (χ1n) is 8.50. The molecule has 4 fully saturated rings. The molecule has 0 unspecified atom stereocenters. The molecule has 21 heavy (non-hydrogen) atoms. The topological polar surface area (TPSA) is 26.0 Å². The minimum Gasteiger partial charge on any atom is -0.440 e. The van der Waals surface area contributed by atoms with E-state index in [1.807, 2.05) is 0 Å². The maximum absolute atomic E-state index is 6.28. The van der Waals surface area contributed by atoms with Gasteiger partial charge in [-0.05, 0) is 93.4 Å². The second-order valence-electron chi connectivity index (χ2n) is 8.12. The van der Waals surface area contributed by atoms with Crippen molar-refractivity contribution in [2.75, 3.05) is 0 Å². The van der Waals surface area contributed by atoms with Gasteiger partial charge in [-0.15, -0.1) is 0 Å². The number of rotatable bonds is 1. The zero-order chi connectivity index (χ0) is 14.2. The highest BCUT2D eigenvalue weighted by Gasteiger charge is 2.54. The fraction of sp³-hybridized carbons (Fsp3) is 0.632. The molecule has 1 heterocycles. The fourth-order valence-corrected chi connectivity index (χ4v) is 5.78. The summed E-state index contributed by atoms with van der Waals surface area (Å²) in [5, 5.41) is 0. The number of benzene rings is 1. The predicted octanol–water partition coefficient (Wildman–Crippen LogP) is 4.91. The van der Waals surface area contributed by atoms with Crippen molar-refractivity contribution in [2.45, 2.75) is 57.8 Å². The Kier molecular flexibility index (Phi) is 2.28. The van der Waals surface area contributed by atoms with Gasteiger partial charge in [0.15, 0.2) is 5.58 Å².